The van der Waals surface area contributed by atoms with E-state index in [-0.39, 0.29) is 18.3 Å². The van der Waals surface area contributed by atoms with E-state index in [0.29, 0.717) is 0 Å². The fraction of sp³-hybridized carbons (Fsp3) is 0.529. The molecule has 1 N–H and O–H groups in total. The lowest BCUT2D eigenvalue weighted by molar-refractivity contribution is 0.00578. The van der Waals surface area contributed by atoms with E-state index < -0.39 is 5.60 Å². The Bertz CT molecular complexity index is 508. The van der Waals surface area contributed by atoms with Crippen LogP contribution in [0.15, 0.2) is 30.3 Å². The Morgan fingerprint density at radius 1 is 1.00 bits per heavy atom. The Kier molecular flexibility index (Phi) is 4.09. The van der Waals surface area contributed by atoms with Crippen molar-refractivity contribution in [3.05, 3.63) is 35.9 Å². The molecule has 0 unspecified atom stereocenters. The van der Waals surface area contributed by atoms with Crippen LogP contribution in [0.25, 0.3) is 6.08 Å². The molecule has 0 atom stereocenters. The van der Waals surface area contributed by atoms with Crippen LogP contribution in [0.4, 0.5) is 0 Å². The summed E-state index contributed by atoms with van der Waals surface area (Å²) in [7, 11) is -0.331. The number of benzene rings is 1. The summed E-state index contributed by atoms with van der Waals surface area (Å²) in [5.41, 5.74) is 0.602. The van der Waals surface area contributed by atoms with Crippen molar-refractivity contribution in [1.82, 2.24) is 0 Å². The molecule has 0 radical (unpaired) electrons. The van der Waals surface area contributed by atoms with Gasteiger partial charge in [-0.3, -0.25) is 0 Å². The second-order valence-electron chi connectivity index (χ2n) is 7.24. The summed E-state index contributed by atoms with van der Waals surface area (Å²) >= 11 is 0. The van der Waals surface area contributed by atoms with Crippen molar-refractivity contribution in [3.8, 4) is 0 Å². The molecular formula is C17H25BO3. The van der Waals surface area contributed by atoms with E-state index in [2.05, 4.69) is 0 Å². The van der Waals surface area contributed by atoms with Crippen LogP contribution in [0.2, 0.25) is 0 Å². The van der Waals surface area contributed by atoms with Crippen LogP contribution < -0.4 is 5.46 Å². The topological polar surface area (TPSA) is 38.7 Å². The largest absolute Gasteiger partial charge is 0.494 e. The molecule has 1 aliphatic heterocycles. The van der Waals surface area contributed by atoms with Crippen LogP contribution in [-0.4, -0.2) is 29.0 Å². The van der Waals surface area contributed by atoms with Crippen LogP contribution in [0, 0.1) is 0 Å². The first-order chi connectivity index (χ1) is 9.50. The predicted octanol–water partition coefficient (Wildman–Crippen LogP) is 2.77. The van der Waals surface area contributed by atoms with E-state index in [1.165, 1.54) is 0 Å². The highest BCUT2D eigenvalue weighted by Crippen LogP contribution is 2.36. The minimum Gasteiger partial charge on any atom is -0.399 e. The molecule has 1 aliphatic rings. The third-order valence-corrected chi connectivity index (χ3v) is 4.15. The van der Waals surface area contributed by atoms with Crippen molar-refractivity contribution >= 4 is 18.7 Å². The fourth-order valence-electron chi connectivity index (χ4n) is 2.04. The molecule has 0 spiro atoms. The van der Waals surface area contributed by atoms with Gasteiger partial charge in [-0.25, -0.2) is 0 Å². The summed E-state index contributed by atoms with van der Waals surface area (Å²) in [6.07, 6.45) is 3.69. The maximum atomic E-state index is 9.69. The van der Waals surface area contributed by atoms with Gasteiger partial charge in [-0.15, -0.1) is 0 Å². The summed E-state index contributed by atoms with van der Waals surface area (Å²) < 4.78 is 12.0. The van der Waals surface area contributed by atoms with E-state index >= 15 is 0 Å². The zero-order chi connectivity index (χ0) is 15.9. The highest BCUT2D eigenvalue weighted by molar-refractivity contribution is 6.62. The smallest absolute Gasteiger partial charge is 0.399 e. The van der Waals surface area contributed by atoms with Gasteiger partial charge in [0.1, 0.15) is 0 Å². The Labute approximate surface area is 128 Å². The molecule has 2 rings (SSSR count). The average molecular weight is 288 g/mol. The first-order valence-corrected chi connectivity index (χ1v) is 7.37. The Balaban J connectivity index is 2.12. The molecule has 0 bridgehead atoms. The van der Waals surface area contributed by atoms with Crippen molar-refractivity contribution in [2.45, 2.75) is 58.3 Å². The first-order valence-electron chi connectivity index (χ1n) is 7.37. The Morgan fingerprint density at radius 2 is 1.48 bits per heavy atom. The normalized spacial score (nSPS) is 21.2. The molecular weight excluding hydrogens is 263 g/mol. The van der Waals surface area contributed by atoms with Crippen molar-refractivity contribution in [2.75, 3.05) is 0 Å². The highest BCUT2D eigenvalue weighted by Gasteiger charge is 2.51. The molecule has 21 heavy (non-hydrogen) atoms. The highest BCUT2D eigenvalue weighted by atomic mass is 16.7. The van der Waals surface area contributed by atoms with Gasteiger partial charge in [-0.1, -0.05) is 36.4 Å². The van der Waals surface area contributed by atoms with Crippen LogP contribution >= 0.6 is 0 Å². The zero-order valence-corrected chi connectivity index (χ0v) is 13.8. The van der Waals surface area contributed by atoms with E-state index in [9.17, 15) is 5.11 Å². The van der Waals surface area contributed by atoms with Gasteiger partial charge in [-0.05, 0) is 52.6 Å². The Morgan fingerprint density at radius 3 is 1.90 bits per heavy atom. The summed E-state index contributed by atoms with van der Waals surface area (Å²) in [4.78, 5) is 0. The second kappa shape index (κ2) is 5.27. The summed E-state index contributed by atoms with van der Waals surface area (Å²) in [5, 5.41) is 9.69. The van der Waals surface area contributed by atoms with Gasteiger partial charge in [0.2, 0.25) is 0 Å². The van der Waals surface area contributed by atoms with Crippen molar-refractivity contribution in [1.29, 1.82) is 0 Å². The third-order valence-electron chi connectivity index (χ3n) is 4.15. The predicted molar refractivity (Wildman–Crippen MR) is 87.5 cm³/mol. The number of aliphatic hydroxyl groups is 1. The molecule has 4 heteroatoms. The van der Waals surface area contributed by atoms with Crippen molar-refractivity contribution in [2.24, 2.45) is 0 Å². The van der Waals surface area contributed by atoms with E-state index in [1.807, 2.05) is 58.0 Å². The quantitative estimate of drug-likeness (QED) is 0.869. The summed E-state index contributed by atoms with van der Waals surface area (Å²) in [5.74, 6) is 0. The molecule has 0 saturated carbocycles. The van der Waals surface area contributed by atoms with Crippen LogP contribution in [0.1, 0.15) is 47.1 Å². The van der Waals surface area contributed by atoms with Crippen LogP contribution in [-0.2, 0) is 9.31 Å². The molecule has 1 aromatic rings. The van der Waals surface area contributed by atoms with Crippen molar-refractivity contribution < 1.29 is 14.4 Å². The zero-order valence-electron chi connectivity index (χ0n) is 13.8. The lowest BCUT2D eigenvalue weighted by Crippen LogP contribution is -2.41. The average Bonchev–Trinajstić information content (AvgIpc) is 2.56. The molecule has 1 aromatic carbocycles. The SMILES string of the molecule is CC(C)(O)/C=C/c1ccc(B2OC(C)(C)C(C)(C)O2)cc1. The lowest BCUT2D eigenvalue weighted by atomic mass is 9.79. The van der Waals surface area contributed by atoms with Gasteiger partial charge in [-0.2, -0.15) is 0 Å². The summed E-state index contributed by atoms with van der Waals surface area (Å²) in [6, 6.07) is 8.02. The molecule has 1 fully saturated rings. The molecule has 3 nitrogen and oxygen atoms in total. The second-order valence-corrected chi connectivity index (χ2v) is 7.24. The first kappa shape index (κ1) is 16.3. The third kappa shape index (κ3) is 3.76. The standard InChI is InChI=1S/C17H25BO3/c1-15(2,19)12-11-13-7-9-14(10-8-13)18-20-16(3,4)17(5,6)21-18/h7-12,19H,1-6H3/b12-11+. The van der Waals surface area contributed by atoms with Crippen LogP contribution in [0.5, 0.6) is 0 Å². The van der Waals surface area contributed by atoms with E-state index in [0.717, 1.165) is 11.0 Å². The maximum Gasteiger partial charge on any atom is 0.494 e. The monoisotopic (exact) mass is 288 g/mol. The van der Waals surface area contributed by atoms with Gasteiger partial charge in [0.25, 0.3) is 0 Å². The molecule has 0 aliphatic carbocycles. The van der Waals surface area contributed by atoms with Crippen LogP contribution in [0.3, 0.4) is 0 Å². The van der Waals surface area contributed by atoms with Gasteiger partial charge >= 0.3 is 7.12 Å². The maximum absolute atomic E-state index is 9.69. The fourth-order valence-corrected chi connectivity index (χ4v) is 2.04. The molecule has 1 saturated heterocycles. The molecule has 1 heterocycles. The molecule has 0 amide bonds. The lowest BCUT2D eigenvalue weighted by Gasteiger charge is -2.32. The molecule has 0 aromatic heterocycles. The van der Waals surface area contributed by atoms with Gasteiger partial charge < -0.3 is 14.4 Å². The number of hydrogen-bond acceptors (Lipinski definition) is 3. The minimum absolute atomic E-state index is 0.322. The van der Waals surface area contributed by atoms with Crippen molar-refractivity contribution in [3.63, 3.8) is 0 Å². The van der Waals surface area contributed by atoms with Gasteiger partial charge in [0.05, 0.1) is 16.8 Å². The minimum atomic E-state index is -0.801. The van der Waals surface area contributed by atoms with Gasteiger partial charge in [0, 0.05) is 0 Å². The number of hydrogen-bond donors (Lipinski definition) is 1. The van der Waals surface area contributed by atoms with Gasteiger partial charge in [0.15, 0.2) is 0 Å². The number of rotatable bonds is 3. The van der Waals surface area contributed by atoms with E-state index in [4.69, 9.17) is 9.31 Å². The van der Waals surface area contributed by atoms with E-state index in [1.54, 1.807) is 19.9 Å². The molecule has 114 valence electrons. The summed E-state index contributed by atoms with van der Waals surface area (Å²) in [6.45, 7) is 11.7. The Hall–Kier alpha value is -1.10.